The van der Waals surface area contributed by atoms with Gasteiger partial charge in [-0.3, -0.25) is 0 Å². The third-order valence-electron chi connectivity index (χ3n) is 5.01. The van der Waals surface area contributed by atoms with Crippen molar-refractivity contribution in [3.05, 3.63) is 29.8 Å². The van der Waals surface area contributed by atoms with Crippen LogP contribution in [0.5, 0.6) is 0 Å². The Morgan fingerprint density at radius 2 is 1.63 bits per heavy atom. The lowest BCUT2D eigenvalue weighted by Gasteiger charge is -2.31. The Morgan fingerprint density at radius 3 is 2.26 bits per heavy atom. The number of aryl methyl sites for hydroxylation is 1. The van der Waals surface area contributed by atoms with E-state index in [0.717, 1.165) is 11.3 Å². The van der Waals surface area contributed by atoms with Gasteiger partial charge in [-0.2, -0.15) is 0 Å². The summed E-state index contributed by atoms with van der Waals surface area (Å²) in [5, 5.41) is 3.31. The topological polar surface area (TPSA) is 75.2 Å². The molecule has 148 valence electrons. The van der Waals surface area contributed by atoms with Gasteiger partial charge in [0, 0.05) is 5.69 Å². The molecule has 3 fully saturated rings. The third-order valence-corrected chi connectivity index (χ3v) is 6.34. The smallest absolute Gasteiger partial charge is 0.348 e. The lowest BCUT2D eigenvalue weighted by Crippen LogP contribution is -2.53. The van der Waals surface area contributed by atoms with Gasteiger partial charge in [0.1, 0.15) is 12.2 Å². The molecule has 3 aliphatic rings. The van der Waals surface area contributed by atoms with Gasteiger partial charge in [-0.25, -0.2) is 0 Å². The summed E-state index contributed by atoms with van der Waals surface area (Å²) in [5.41, 5.74) is 2.02. The second-order valence-electron chi connectivity index (χ2n) is 8.24. The molecule has 1 aromatic rings. The average molecular weight is 396 g/mol. The van der Waals surface area contributed by atoms with E-state index in [-0.39, 0.29) is 6.10 Å². The second-order valence-corrected chi connectivity index (χ2v) is 9.58. The predicted molar refractivity (Wildman–Crippen MR) is 99.8 cm³/mol. The number of rotatable bonds is 3. The molecule has 7 nitrogen and oxygen atoms in total. The first-order chi connectivity index (χ1) is 12.6. The van der Waals surface area contributed by atoms with Crippen LogP contribution in [-0.4, -0.2) is 48.4 Å². The van der Waals surface area contributed by atoms with E-state index >= 15 is 0 Å². The second kappa shape index (κ2) is 6.76. The van der Waals surface area contributed by atoms with Crippen LogP contribution in [0.15, 0.2) is 24.3 Å². The van der Waals surface area contributed by atoms with E-state index in [0.29, 0.717) is 6.61 Å². The van der Waals surface area contributed by atoms with E-state index in [9.17, 15) is 4.57 Å². The first kappa shape index (κ1) is 19.2. The fourth-order valence-corrected chi connectivity index (χ4v) is 5.14. The van der Waals surface area contributed by atoms with Crippen molar-refractivity contribution in [3.63, 3.8) is 0 Å². The highest BCUT2D eigenvalue weighted by atomic mass is 31.1. The average Bonchev–Trinajstić information content (AvgIpc) is 3.10. The first-order valence-corrected chi connectivity index (χ1v) is 10.5. The number of hydrogen-bond donors (Lipinski definition) is 1. The van der Waals surface area contributed by atoms with Crippen LogP contribution in [0.1, 0.15) is 33.3 Å². The molecular weight excluding hydrogens is 369 g/mol. The molecule has 0 spiro atoms. The molecule has 1 N–H and O–H groups in total. The zero-order chi connectivity index (χ0) is 19.4. The third kappa shape index (κ3) is 3.90. The maximum absolute atomic E-state index is 13.0. The van der Waals surface area contributed by atoms with E-state index in [2.05, 4.69) is 5.32 Å². The van der Waals surface area contributed by atoms with E-state index < -0.39 is 43.7 Å². The normalized spacial score (nSPS) is 38.6. The highest BCUT2D eigenvalue weighted by molar-refractivity contribution is 7.40. The number of fused-ring (bicyclic) bond motifs is 1. The number of benzene rings is 1. The van der Waals surface area contributed by atoms with Crippen LogP contribution in [0.25, 0.3) is 0 Å². The number of anilines is 1. The molecule has 6 atom stereocenters. The summed E-state index contributed by atoms with van der Waals surface area (Å²) in [4.78, 5) is 0. The van der Waals surface area contributed by atoms with Crippen molar-refractivity contribution in [1.29, 1.82) is 0 Å². The minimum Gasteiger partial charge on any atom is -0.348 e. The standard InChI is InChI=1S/C19H27NO6P/c1-11-6-8-12(9-7-11)20-17-16-15(24-19(4,5)25-16)14(26-27(17)21)13-10-22-18(2,3)23-13/h6-9,13-17,20H,10H2,1-5H3/q+1. The number of nitrogens with one attached hydrogen (secondary N) is 1. The van der Waals surface area contributed by atoms with Crippen LogP contribution in [0, 0.1) is 6.92 Å². The molecule has 0 aliphatic carbocycles. The van der Waals surface area contributed by atoms with E-state index in [1.165, 1.54) is 0 Å². The van der Waals surface area contributed by atoms with Crippen LogP contribution in [0.4, 0.5) is 5.69 Å². The molecular formula is C19H27NO6P+. The van der Waals surface area contributed by atoms with Crippen molar-refractivity contribution in [3.8, 4) is 0 Å². The highest BCUT2D eigenvalue weighted by Crippen LogP contribution is 2.50. The number of hydrogen-bond acceptors (Lipinski definition) is 7. The quantitative estimate of drug-likeness (QED) is 0.783. The summed E-state index contributed by atoms with van der Waals surface area (Å²) >= 11 is 0. The molecule has 3 saturated heterocycles. The Balaban J connectivity index is 1.57. The van der Waals surface area contributed by atoms with E-state index in [1.807, 2.05) is 58.9 Å². The van der Waals surface area contributed by atoms with Crippen LogP contribution in [0.3, 0.4) is 0 Å². The minimum absolute atomic E-state index is 0.357. The molecule has 0 saturated carbocycles. The predicted octanol–water partition coefficient (Wildman–Crippen LogP) is 3.55. The Morgan fingerprint density at radius 1 is 0.963 bits per heavy atom. The van der Waals surface area contributed by atoms with Gasteiger partial charge in [-0.05, 0) is 51.3 Å². The number of ether oxygens (including phenoxy) is 4. The first-order valence-electron chi connectivity index (χ1n) is 9.27. The van der Waals surface area contributed by atoms with Crippen LogP contribution >= 0.6 is 8.03 Å². The minimum atomic E-state index is -2.05. The molecule has 0 bridgehead atoms. The summed E-state index contributed by atoms with van der Waals surface area (Å²) in [5.74, 6) is -2.00. The van der Waals surface area contributed by atoms with Gasteiger partial charge in [0.2, 0.25) is 0 Å². The summed E-state index contributed by atoms with van der Waals surface area (Å²) in [7, 11) is -2.05. The van der Waals surface area contributed by atoms with Crippen molar-refractivity contribution < 1.29 is 28.0 Å². The molecule has 1 aromatic carbocycles. The Kier molecular flexibility index (Phi) is 4.82. The Hall–Kier alpha value is -1.08. The fourth-order valence-electron chi connectivity index (χ4n) is 3.79. The molecule has 8 heteroatoms. The lowest BCUT2D eigenvalue weighted by molar-refractivity contribution is -0.173. The maximum Gasteiger partial charge on any atom is 0.536 e. The van der Waals surface area contributed by atoms with Crippen molar-refractivity contribution in [2.24, 2.45) is 0 Å². The molecule has 6 unspecified atom stereocenters. The zero-order valence-corrected chi connectivity index (χ0v) is 17.2. The van der Waals surface area contributed by atoms with E-state index in [4.69, 9.17) is 23.5 Å². The van der Waals surface area contributed by atoms with Gasteiger partial charge in [0.15, 0.2) is 23.8 Å². The molecule has 0 aromatic heterocycles. The molecule has 0 amide bonds. The zero-order valence-electron chi connectivity index (χ0n) is 16.3. The lowest BCUT2D eigenvalue weighted by atomic mass is 10.0. The van der Waals surface area contributed by atoms with E-state index in [1.54, 1.807) is 0 Å². The van der Waals surface area contributed by atoms with Gasteiger partial charge < -0.3 is 24.3 Å². The molecule has 0 radical (unpaired) electrons. The van der Waals surface area contributed by atoms with Crippen LogP contribution < -0.4 is 5.32 Å². The molecule has 27 heavy (non-hydrogen) atoms. The van der Waals surface area contributed by atoms with Crippen molar-refractivity contribution in [2.75, 3.05) is 11.9 Å². The fraction of sp³-hybridized carbons (Fsp3) is 0.684. The Labute approximate surface area is 160 Å². The molecule has 4 rings (SSSR count). The van der Waals surface area contributed by atoms with Crippen molar-refractivity contribution >= 4 is 13.7 Å². The Bertz CT molecular complexity index is 721. The maximum atomic E-state index is 13.0. The van der Waals surface area contributed by atoms with Gasteiger partial charge in [-0.1, -0.05) is 17.7 Å². The molecule has 3 heterocycles. The SMILES string of the molecule is Cc1ccc(NC2C3OC(C)(C)OC3C(C3COC(C)(C)O3)O[P+]2=O)cc1. The van der Waals surface area contributed by atoms with Gasteiger partial charge in [-0.15, -0.1) is 4.52 Å². The molecule has 3 aliphatic heterocycles. The monoisotopic (exact) mass is 396 g/mol. The van der Waals surface area contributed by atoms with Gasteiger partial charge in [0.05, 0.1) is 6.61 Å². The van der Waals surface area contributed by atoms with Gasteiger partial charge >= 0.3 is 8.03 Å². The summed E-state index contributed by atoms with van der Waals surface area (Å²) < 4.78 is 42.8. The summed E-state index contributed by atoms with van der Waals surface area (Å²) in [6, 6.07) is 7.91. The van der Waals surface area contributed by atoms with Gasteiger partial charge in [0.25, 0.3) is 5.78 Å². The summed E-state index contributed by atoms with van der Waals surface area (Å²) in [6.07, 6.45) is -1.70. The van der Waals surface area contributed by atoms with Crippen LogP contribution in [0.2, 0.25) is 0 Å². The largest absolute Gasteiger partial charge is 0.536 e. The van der Waals surface area contributed by atoms with Crippen LogP contribution in [-0.2, 0) is 28.0 Å². The highest BCUT2D eigenvalue weighted by Gasteiger charge is 2.64. The van der Waals surface area contributed by atoms with Crippen molar-refractivity contribution in [2.45, 2.75) is 76.4 Å². The van der Waals surface area contributed by atoms with Crippen molar-refractivity contribution in [1.82, 2.24) is 0 Å². The summed E-state index contributed by atoms with van der Waals surface area (Å²) in [6.45, 7) is 9.80.